The lowest BCUT2D eigenvalue weighted by Crippen LogP contribution is -2.33. The van der Waals surface area contributed by atoms with E-state index in [1.54, 1.807) is 6.07 Å². The summed E-state index contributed by atoms with van der Waals surface area (Å²) in [5.41, 5.74) is 2.18. The van der Waals surface area contributed by atoms with Crippen molar-refractivity contribution in [2.24, 2.45) is 0 Å². The Morgan fingerprint density at radius 2 is 1.82 bits per heavy atom. The number of aromatic nitrogens is 1. The maximum Gasteiger partial charge on any atom is 0.407 e. The van der Waals surface area contributed by atoms with Crippen LogP contribution >= 0.6 is 0 Å². The van der Waals surface area contributed by atoms with Crippen LogP contribution in [0.3, 0.4) is 0 Å². The van der Waals surface area contributed by atoms with Gasteiger partial charge in [-0.05, 0) is 56.0 Å². The first-order valence-corrected chi connectivity index (χ1v) is 9.03. The number of fused-ring (bicyclic) bond motifs is 1. The smallest absolute Gasteiger partial charge is 0.407 e. The average Bonchev–Trinajstić information content (AvgIpc) is 2.60. The second-order valence-corrected chi connectivity index (χ2v) is 7.52. The third kappa shape index (κ3) is 4.82. The van der Waals surface area contributed by atoms with Crippen molar-refractivity contribution in [2.75, 3.05) is 6.54 Å². The van der Waals surface area contributed by atoms with Crippen molar-refractivity contribution in [1.82, 2.24) is 10.3 Å². The van der Waals surface area contributed by atoms with Gasteiger partial charge in [0.15, 0.2) is 5.82 Å². The zero-order chi connectivity index (χ0) is 20.3. The van der Waals surface area contributed by atoms with Gasteiger partial charge in [-0.1, -0.05) is 24.3 Å². The molecular weight excluding hydrogens is 362 g/mol. The van der Waals surface area contributed by atoms with Crippen LogP contribution in [0.5, 0.6) is 0 Å². The highest BCUT2D eigenvalue weighted by Crippen LogP contribution is 2.29. The van der Waals surface area contributed by atoms with Gasteiger partial charge in [0.25, 0.3) is 0 Å². The molecule has 0 unspecified atom stereocenters. The number of benzene rings is 2. The van der Waals surface area contributed by atoms with Gasteiger partial charge in [-0.25, -0.2) is 13.6 Å². The molecule has 0 aliphatic heterocycles. The topological polar surface area (TPSA) is 51.2 Å². The van der Waals surface area contributed by atoms with E-state index in [1.807, 2.05) is 45.0 Å². The van der Waals surface area contributed by atoms with Crippen LogP contribution in [-0.4, -0.2) is 23.2 Å². The predicted octanol–water partition coefficient (Wildman–Crippen LogP) is 5.25. The molecule has 4 nitrogen and oxygen atoms in total. The van der Waals surface area contributed by atoms with Crippen LogP contribution in [0, 0.1) is 11.6 Å². The Balaban J connectivity index is 1.72. The van der Waals surface area contributed by atoms with Crippen LogP contribution < -0.4 is 5.32 Å². The number of ether oxygens (including phenoxy) is 1. The first-order chi connectivity index (χ1) is 13.2. The molecule has 2 aromatic carbocycles. The van der Waals surface area contributed by atoms with Gasteiger partial charge in [0.05, 0.1) is 0 Å². The molecule has 0 aliphatic rings. The van der Waals surface area contributed by atoms with E-state index in [-0.39, 0.29) is 5.52 Å². The Morgan fingerprint density at radius 3 is 2.50 bits per heavy atom. The quantitative estimate of drug-likeness (QED) is 0.669. The zero-order valence-corrected chi connectivity index (χ0v) is 16.1. The van der Waals surface area contributed by atoms with Crippen molar-refractivity contribution in [3.8, 4) is 11.1 Å². The van der Waals surface area contributed by atoms with E-state index in [0.29, 0.717) is 23.9 Å². The number of nitrogens with one attached hydrogen (secondary N) is 1. The van der Waals surface area contributed by atoms with Gasteiger partial charge in [-0.3, -0.25) is 4.98 Å². The summed E-state index contributed by atoms with van der Waals surface area (Å²) in [6, 6.07) is 11.5. The molecule has 0 saturated heterocycles. The minimum absolute atomic E-state index is 0.143. The lowest BCUT2D eigenvalue weighted by atomic mass is 9.99. The average molecular weight is 384 g/mol. The molecule has 0 radical (unpaired) electrons. The SMILES string of the molecule is CC(C)(C)OC(=O)NCCc1ccc(-c2ccnc3c(F)cc(F)cc23)cc1. The Morgan fingerprint density at radius 1 is 1.11 bits per heavy atom. The number of rotatable bonds is 4. The Labute approximate surface area is 162 Å². The first kappa shape index (κ1) is 19.7. The molecule has 0 bridgehead atoms. The molecule has 0 saturated carbocycles. The van der Waals surface area contributed by atoms with E-state index >= 15 is 0 Å². The molecule has 28 heavy (non-hydrogen) atoms. The fraction of sp³-hybridized carbons (Fsp3) is 0.273. The summed E-state index contributed by atoms with van der Waals surface area (Å²) in [7, 11) is 0. The van der Waals surface area contributed by atoms with Gasteiger partial charge >= 0.3 is 6.09 Å². The number of carbonyl (C=O) groups excluding carboxylic acids is 1. The minimum atomic E-state index is -0.679. The maximum atomic E-state index is 14.0. The normalized spacial score (nSPS) is 11.5. The monoisotopic (exact) mass is 384 g/mol. The van der Waals surface area contributed by atoms with Crippen LogP contribution in [0.4, 0.5) is 13.6 Å². The summed E-state index contributed by atoms with van der Waals surface area (Å²) in [4.78, 5) is 15.7. The van der Waals surface area contributed by atoms with Gasteiger partial charge in [-0.15, -0.1) is 0 Å². The number of hydrogen-bond acceptors (Lipinski definition) is 3. The van der Waals surface area contributed by atoms with Crippen molar-refractivity contribution in [3.05, 3.63) is 65.9 Å². The van der Waals surface area contributed by atoms with Crippen molar-refractivity contribution >= 4 is 17.0 Å². The molecule has 0 fully saturated rings. The molecule has 0 aliphatic carbocycles. The van der Waals surface area contributed by atoms with E-state index in [0.717, 1.165) is 17.2 Å². The van der Waals surface area contributed by atoms with E-state index in [2.05, 4.69) is 10.3 Å². The van der Waals surface area contributed by atoms with Crippen molar-refractivity contribution in [2.45, 2.75) is 32.8 Å². The minimum Gasteiger partial charge on any atom is -0.444 e. The predicted molar refractivity (Wildman–Crippen MR) is 105 cm³/mol. The Kier molecular flexibility index (Phi) is 5.58. The van der Waals surface area contributed by atoms with Gasteiger partial charge < -0.3 is 10.1 Å². The number of amides is 1. The summed E-state index contributed by atoms with van der Waals surface area (Å²) in [5.74, 6) is -1.31. The fourth-order valence-electron chi connectivity index (χ4n) is 2.90. The zero-order valence-electron chi connectivity index (χ0n) is 16.1. The van der Waals surface area contributed by atoms with Gasteiger partial charge in [-0.2, -0.15) is 0 Å². The van der Waals surface area contributed by atoms with Crippen LogP contribution in [-0.2, 0) is 11.2 Å². The third-order valence-electron chi connectivity index (χ3n) is 4.11. The van der Waals surface area contributed by atoms with Crippen LogP contribution in [0.15, 0.2) is 48.7 Å². The lowest BCUT2D eigenvalue weighted by molar-refractivity contribution is 0.0528. The summed E-state index contributed by atoms with van der Waals surface area (Å²) in [6.07, 6.45) is 1.70. The van der Waals surface area contributed by atoms with Crippen molar-refractivity contribution in [3.63, 3.8) is 0 Å². The van der Waals surface area contributed by atoms with Gasteiger partial charge in [0.2, 0.25) is 0 Å². The molecule has 3 rings (SSSR count). The number of alkyl carbamates (subject to hydrolysis) is 1. The maximum absolute atomic E-state index is 14.0. The molecule has 6 heteroatoms. The molecule has 1 N–H and O–H groups in total. The number of carbonyl (C=O) groups is 1. The Bertz CT molecular complexity index is 996. The number of hydrogen-bond donors (Lipinski definition) is 1. The summed E-state index contributed by atoms with van der Waals surface area (Å²) in [5, 5.41) is 3.15. The highest BCUT2D eigenvalue weighted by Gasteiger charge is 2.15. The largest absolute Gasteiger partial charge is 0.444 e. The summed E-state index contributed by atoms with van der Waals surface area (Å²) >= 11 is 0. The molecule has 1 heterocycles. The van der Waals surface area contributed by atoms with Crippen LogP contribution in [0.25, 0.3) is 22.0 Å². The molecule has 1 amide bonds. The summed E-state index contributed by atoms with van der Waals surface area (Å²) < 4.78 is 32.8. The Hall–Kier alpha value is -3.02. The fourth-order valence-corrected chi connectivity index (χ4v) is 2.90. The van der Waals surface area contributed by atoms with Crippen LogP contribution in [0.2, 0.25) is 0 Å². The third-order valence-corrected chi connectivity index (χ3v) is 4.11. The second-order valence-electron chi connectivity index (χ2n) is 7.52. The van der Waals surface area contributed by atoms with Gasteiger partial charge in [0, 0.05) is 24.2 Å². The standard InChI is InChI=1S/C22H22F2N2O2/c1-22(2,3)28-21(27)26-10-8-14-4-6-15(7-5-14)17-9-11-25-20-18(17)12-16(23)13-19(20)24/h4-7,9,11-13H,8,10H2,1-3H3,(H,26,27). The molecular formula is C22H22F2N2O2. The van der Waals surface area contributed by atoms with Crippen LogP contribution in [0.1, 0.15) is 26.3 Å². The number of nitrogens with zero attached hydrogens (tertiary/aromatic N) is 1. The molecule has 3 aromatic rings. The van der Waals surface area contributed by atoms with Crippen molar-refractivity contribution in [1.29, 1.82) is 0 Å². The van der Waals surface area contributed by atoms with E-state index < -0.39 is 23.3 Å². The first-order valence-electron chi connectivity index (χ1n) is 9.03. The summed E-state index contributed by atoms with van der Waals surface area (Å²) in [6.45, 7) is 5.88. The highest BCUT2D eigenvalue weighted by molar-refractivity contribution is 5.94. The van der Waals surface area contributed by atoms with E-state index in [9.17, 15) is 13.6 Å². The molecule has 0 spiro atoms. The van der Waals surface area contributed by atoms with E-state index in [4.69, 9.17) is 4.74 Å². The second kappa shape index (κ2) is 7.92. The number of halogens is 2. The van der Waals surface area contributed by atoms with Gasteiger partial charge in [0.1, 0.15) is 16.9 Å². The number of pyridine rings is 1. The van der Waals surface area contributed by atoms with Crippen molar-refractivity contribution < 1.29 is 18.3 Å². The van der Waals surface area contributed by atoms with E-state index in [1.165, 1.54) is 12.3 Å². The molecule has 1 aromatic heterocycles. The molecule has 146 valence electrons. The highest BCUT2D eigenvalue weighted by atomic mass is 19.1. The lowest BCUT2D eigenvalue weighted by Gasteiger charge is -2.19. The molecule has 0 atom stereocenters.